The molecule has 0 heterocycles. The number of nitrogens with one attached hydrogen (secondary N) is 1. The molecule has 0 spiro atoms. The van der Waals surface area contributed by atoms with Gasteiger partial charge in [-0.25, -0.2) is 0 Å². The highest BCUT2D eigenvalue weighted by molar-refractivity contribution is 5.92. The van der Waals surface area contributed by atoms with E-state index in [0.717, 1.165) is 28.9 Å². The van der Waals surface area contributed by atoms with Crippen molar-refractivity contribution >= 4 is 23.5 Å². The van der Waals surface area contributed by atoms with Crippen molar-refractivity contribution in [1.82, 2.24) is 0 Å². The molecule has 0 aliphatic heterocycles. The van der Waals surface area contributed by atoms with E-state index >= 15 is 0 Å². The lowest BCUT2D eigenvalue weighted by Crippen LogP contribution is -2.20. The van der Waals surface area contributed by atoms with E-state index in [4.69, 9.17) is 4.74 Å². The van der Waals surface area contributed by atoms with Gasteiger partial charge in [-0.2, -0.15) is 0 Å². The maximum Gasteiger partial charge on any atom is 0.262 e. The number of aliphatic imine (C=N–C) groups is 1. The van der Waals surface area contributed by atoms with Gasteiger partial charge in [0.2, 0.25) is 0 Å². The highest BCUT2D eigenvalue weighted by Crippen LogP contribution is 2.16. The van der Waals surface area contributed by atoms with Crippen molar-refractivity contribution in [3.63, 3.8) is 0 Å². The van der Waals surface area contributed by atoms with Gasteiger partial charge in [0.05, 0.1) is 5.69 Å². The van der Waals surface area contributed by atoms with Gasteiger partial charge in [0.1, 0.15) is 5.75 Å². The Morgan fingerprint density at radius 1 is 1.04 bits per heavy atom. The second kappa shape index (κ2) is 9.51. The number of benzene rings is 3. The smallest absolute Gasteiger partial charge is 0.262 e. The molecule has 4 heteroatoms. The van der Waals surface area contributed by atoms with E-state index in [-0.39, 0.29) is 12.5 Å². The van der Waals surface area contributed by atoms with Crippen molar-refractivity contribution in [1.29, 1.82) is 0 Å². The Morgan fingerprint density at radius 3 is 2.57 bits per heavy atom. The number of aryl methyl sites for hydroxylation is 2. The Labute approximate surface area is 165 Å². The van der Waals surface area contributed by atoms with Crippen molar-refractivity contribution in [2.45, 2.75) is 20.3 Å². The molecule has 0 fully saturated rings. The van der Waals surface area contributed by atoms with Crippen LogP contribution < -0.4 is 10.1 Å². The number of ether oxygens (including phenoxy) is 1. The summed E-state index contributed by atoms with van der Waals surface area (Å²) >= 11 is 0. The van der Waals surface area contributed by atoms with Crippen molar-refractivity contribution in [2.75, 3.05) is 11.9 Å². The van der Waals surface area contributed by atoms with E-state index in [2.05, 4.69) is 29.4 Å². The second-order valence-electron chi connectivity index (χ2n) is 6.56. The number of anilines is 1. The largest absolute Gasteiger partial charge is 0.484 e. The molecule has 0 atom stereocenters. The van der Waals surface area contributed by atoms with Gasteiger partial charge < -0.3 is 10.1 Å². The fourth-order valence-electron chi connectivity index (χ4n) is 2.72. The normalized spacial score (nSPS) is 10.8. The fraction of sp³-hybridized carbons (Fsp3) is 0.167. The number of rotatable bonds is 7. The minimum absolute atomic E-state index is 0.0486. The Morgan fingerprint density at radius 2 is 1.82 bits per heavy atom. The predicted molar refractivity (Wildman–Crippen MR) is 115 cm³/mol. The lowest BCUT2D eigenvalue weighted by Gasteiger charge is -2.08. The number of hydrogen-bond donors (Lipinski definition) is 1. The standard InChI is InChI=1S/C24H24N2O2/c1-3-19-10-12-21(13-11-19)25-16-20-7-5-9-23(15-20)28-17-24(27)26-22-8-4-6-18(2)14-22/h4-16H,3,17H2,1-2H3,(H,26,27). The molecule has 0 saturated carbocycles. The van der Waals surface area contributed by atoms with Gasteiger partial charge in [0, 0.05) is 11.9 Å². The topological polar surface area (TPSA) is 50.7 Å². The van der Waals surface area contributed by atoms with Gasteiger partial charge in [-0.05, 0) is 66.4 Å². The molecule has 1 N–H and O–H groups in total. The molecule has 0 bridgehead atoms. The third-order valence-corrected chi connectivity index (χ3v) is 4.24. The average molecular weight is 372 g/mol. The maximum absolute atomic E-state index is 12.1. The van der Waals surface area contributed by atoms with Gasteiger partial charge in [-0.1, -0.05) is 43.3 Å². The maximum atomic E-state index is 12.1. The number of nitrogens with zero attached hydrogens (tertiary/aromatic N) is 1. The molecule has 0 aromatic heterocycles. The first-order chi connectivity index (χ1) is 13.6. The van der Waals surface area contributed by atoms with E-state index in [0.29, 0.717) is 5.75 Å². The van der Waals surface area contributed by atoms with Crippen LogP contribution in [0.3, 0.4) is 0 Å². The van der Waals surface area contributed by atoms with Crippen molar-refractivity contribution in [2.24, 2.45) is 4.99 Å². The zero-order valence-corrected chi connectivity index (χ0v) is 16.2. The first-order valence-corrected chi connectivity index (χ1v) is 9.35. The number of carbonyl (C=O) groups is 1. The quantitative estimate of drug-likeness (QED) is 0.570. The summed E-state index contributed by atoms with van der Waals surface area (Å²) in [6, 6.07) is 23.4. The van der Waals surface area contributed by atoms with E-state index in [9.17, 15) is 4.79 Å². The molecule has 28 heavy (non-hydrogen) atoms. The highest BCUT2D eigenvalue weighted by Gasteiger charge is 2.04. The third kappa shape index (κ3) is 5.81. The summed E-state index contributed by atoms with van der Waals surface area (Å²) in [5, 5.41) is 2.83. The highest BCUT2D eigenvalue weighted by atomic mass is 16.5. The van der Waals surface area contributed by atoms with Crippen molar-refractivity contribution < 1.29 is 9.53 Å². The zero-order valence-electron chi connectivity index (χ0n) is 16.2. The summed E-state index contributed by atoms with van der Waals surface area (Å²) in [5.41, 5.74) is 4.97. The van der Waals surface area contributed by atoms with E-state index < -0.39 is 0 Å². The zero-order chi connectivity index (χ0) is 19.8. The van der Waals surface area contributed by atoms with Gasteiger partial charge in [0.25, 0.3) is 5.91 Å². The van der Waals surface area contributed by atoms with Gasteiger partial charge in [-0.3, -0.25) is 9.79 Å². The molecule has 1 amide bonds. The van der Waals surface area contributed by atoms with Crippen molar-refractivity contribution in [3.8, 4) is 5.75 Å². The summed E-state index contributed by atoms with van der Waals surface area (Å²) in [7, 11) is 0. The van der Waals surface area contributed by atoms with Crippen LogP contribution in [-0.4, -0.2) is 18.7 Å². The number of hydrogen-bond acceptors (Lipinski definition) is 3. The minimum Gasteiger partial charge on any atom is -0.484 e. The predicted octanol–water partition coefficient (Wildman–Crippen LogP) is 5.33. The van der Waals surface area contributed by atoms with Crippen LogP contribution in [0, 0.1) is 6.92 Å². The molecule has 0 aliphatic carbocycles. The number of carbonyl (C=O) groups excluding carboxylic acids is 1. The fourth-order valence-corrected chi connectivity index (χ4v) is 2.72. The lowest BCUT2D eigenvalue weighted by molar-refractivity contribution is -0.118. The van der Waals surface area contributed by atoms with Crippen molar-refractivity contribution in [3.05, 3.63) is 89.5 Å². The van der Waals surface area contributed by atoms with Crippen LogP contribution in [0.25, 0.3) is 0 Å². The Balaban J connectivity index is 1.56. The van der Waals surface area contributed by atoms with Crippen LogP contribution in [-0.2, 0) is 11.2 Å². The Hall–Kier alpha value is -3.40. The molecular weight excluding hydrogens is 348 g/mol. The van der Waals surface area contributed by atoms with E-state index in [1.165, 1.54) is 5.56 Å². The molecule has 3 aromatic carbocycles. The molecular formula is C24H24N2O2. The summed E-state index contributed by atoms with van der Waals surface area (Å²) in [5.74, 6) is 0.436. The first kappa shape index (κ1) is 19.4. The molecule has 4 nitrogen and oxygen atoms in total. The molecule has 3 aromatic rings. The SMILES string of the molecule is CCc1ccc(N=Cc2cccc(OCC(=O)Nc3cccc(C)c3)c2)cc1. The van der Waals surface area contributed by atoms with Crippen LogP contribution in [0.2, 0.25) is 0 Å². The Bertz CT molecular complexity index is 962. The minimum atomic E-state index is -0.194. The first-order valence-electron chi connectivity index (χ1n) is 9.35. The van der Waals surface area contributed by atoms with Gasteiger partial charge in [-0.15, -0.1) is 0 Å². The van der Waals surface area contributed by atoms with Crippen LogP contribution in [0.15, 0.2) is 77.8 Å². The second-order valence-corrected chi connectivity index (χ2v) is 6.56. The summed E-state index contributed by atoms with van der Waals surface area (Å²) in [4.78, 5) is 16.6. The molecule has 0 unspecified atom stereocenters. The number of amides is 1. The van der Waals surface area contributed by atoms with Crippen LogP contribution in [0.4, 0.5) is 11.4 Å². The summed E-state index contributed by atoms with van der Waals surface area (Å²) in [6.45, 7) is 4.06. The average Bonchev–Trinajstić information content (AvgIpc) is 2.71. The molecule has 0 aliphatic rings. The van der Waals surface area contributed by atoms with E-state index in [1.54, 1.807) is 6.21 Å². The van der Waals surface area contributed by atoms with Crippen LogP contribution in [0.1, 0.15) is 23.6 Å². The van der Waals surface area contributed by atoms with Gasteiger partial charge in [0.15, 0.2) is 6.61 Å². The van der Waals surface area contributed by atoms with Crippen LogP contribution >= 0.6 is 0 Å². The molecule has 3 rings (SSSR count). The molecule has 0 saturated heterocycles. The summed E-state index contributed by atoms with van der Waals surface area (Å²) < 4.78 is 5.62. The molecule has 0 radical (unpaired) electrons. The monoisotopic (exact) mass is 372 g/mol. The van der Waals surface area contributed by atoms with Crippen LogP contribution in [0.5, 0.6) is 5.75 Å². The molecule has 142 valence electrons. The lowest BCUT2D eigenvalue weighted by atomic mass is 10.1. The van der Waals surface area contributed by atoms with Gasteiger partial charge >= 0.3 is 0 Å². The summed E-state index contributed by atoms with van der Waals surface area (Å²) in [6.07, 6.45) is 2.81. The third-order valence-electron chi connectivity index (χ3n) is 4.24. The van der Waals surface area contributed by atoms with E-state index in [1.807, 2.05) is 67.6 Å². The Kier molecular flexibility index (Phi) is 6.58.